The molecule has 110 valence electrons. The number of benzene rings is 2. The Bertz CT molecular complexity index is 652. The van der Waals surface area contributed by atoms with Crippen LogP contribution in [-0.2, 0) is 0 Å². The fourth-order valence-corrected chi connectivity index (χ4v) is 2.46. The van der Waals surface area contributed by atoms with Crippen LogP contribution >= 0.6 is 15.9 Å². The number of hydrogen-bond acceptors (Lipinski definition) is 2. The summed E-state index contributed by atoms with van der Waals surface area (Å²) < 4.78 is 0.930. The van der Waals surface area contributed by atoms with Gasteiger partial charge in [0.2, 0.25) is 0 Å². The Hall–Kier alpha value is -1.81. The van der Waals surface area contributed by atoms with E-state index in [1.54, 1.807) is 24.1 Å². The quantitative estimate of drug-likeness (QED) is 0.899. The van der Waals surface area contributed by atoms with Crippen LogP contribution in [0.25, 0.3) is 0 Å². The molecule has 3 nitrogen and oxygen atoms in total. The number of nitrogens with zero attached hydrogens (tertiary/aromatic N) is 1. The largest absolute Gasteiger partial charge is 0.508 e. The molecule has 0 aliphatic carbocycles. The van der Waals surface area contributed by atoms with E-state index < -0.39 is 0 Å². The van der Waals surface area contributed by atoms with Crippen LogP contribution in [0.2, 0.25) is 0 Å². The van der Waals surface area contributed by atoms with Crippen molar-refractivity contribution >= 4 is 21.8 Å². The first-order chi connectivity index (χ1) is 9.90. The molecule has 1 N–H and O–H groups in total. The third-order valence-electron chi connectivity index (χ3n) is 3.70. The molecule has 2 aromatic carbocycles. The number of halogens is 1. The van der Waals surface area contributed by atoms with Crippen molar-refractivity contribution in [1.82, 2.24) is 4.90 Å². The molecule has 0 saturated heterocycles. The van der Waals surface area contributed by atoms with Gasteiger partial charge in [0.15, 0.2) is 0 Å². The van der Waals surface area contributed by atoms with E-state index in [1.165, 1.54) is 0 Å². The number of hydrogen-bond donors (Lipinski definition) is 1. The van der Waals surface area contributed by atoms with E-state index in [4.69, 9.17) is 0 Å². The van der Waals surface area contributed by atoms with Gasteiger partial charge in [-0.1, -0.05) is 34.1 Å². The lowest BCUT2D eigenvalue weighted by molar-refractivity contribution is 0.0742. The highest BCUT2D eigenvalue weighted by Crippen LogP contribution is 2.24. The minimum Gasteiger partial charge on any atom is -0.508 e. The van der Waals surface area contributed by atoms with Crippen molar-refractivity contribution in [3.8, 4) is 5.75 Å². The molecule has 1 atom stereocenters. The average Bonchev–Trinajstić information content (AvgIpc) is 2.48. The maximum atomic E-state index is 12.5. The molecule has 0 fully saturated rings. The van der Waals surface area contributed by atoms with Crippen molar-refractivity contribution in [1.29, 1.82) is 0 Å². The second-order valence-electron chi connectivity index (χ2n) is 5.15. The lowest BCUT2D eigenvalue weighted by Crippen LogP contribution is -2.29. The van der Waals surface area contributed by atoms with Crippen LogP contribution in [0.4, 0.5) is 0 Å². The summed E-state index contributed by atoms with van der Waals surface area (Å²) in [5.41, 5.74) is 2.73. The maximum Gasteiger partial charge on any atom is 0.254 e. The second-order valence-corrected chi connectivity index (χ2v) is 6.00. The van der Waals surface area contributed by atoms with Crippen LogP contribution in [0.1, 0.15) is 34.5 Å². The number of phenols is 1. The van der Waals surface area contributed by atoms with Gasteiger partial charge < -0.3 is 10.0 Å². The lowest BCUT2D eigenvalue weighted by Gasteiger charge is -2.25. The first-order valence-electron chi connectivity index (χ1n) is 6.72. The summed E-state index contributed by atoms with van der Waals surface area (Å²) in [6.07, 6.45) is 0. The van der Waals surface area contributed by atoms with E-state index in [9.17, 15) is 9.90 Å². The molecule has 2 aromatic rings. The van der Waals surface area contributed by atoms with E-state index >= 15 is 0 Å². The topological polar surface area (TPSA) is 40.5 Å². The van der Waals surface area contributed by atoms with Crippen molar-refractivity contribution in [2.75, 3.05) is 7.05 Å². The normalized spacial score (nSPS) is 12.0. The fraction of sp³-hybridized carbons (Fsp3) is 0.235. The number of carbonyl (C=O) groups is 1. The highest BCUT2D eigenvalue weighted by atomic mass is 79.9. The van der Waals surface area contributed by atoms with Gasteiger partial charge >= 0.3 is 0 Å². The van der Waals surface area contributed by atoms with Crippen molar-refractivity contribution < 1.29 is 9.90 Å². The molecule has 1 amide bonds. The molecular weight excluding hydrogens is 330 g/mol. The summed E-state index contributed by atoms with van der Waals surface area (Å²) in [6.45, 7) is 3.95. The summed E-state index contributed by atoms with van der Waals surface area (Å²) in [4.78, 5) is 14.2. The van der Waals surface area contributed by atoms with E-state index in [0.717, 1.165) is 15.6 Å². The predicted octanol–water partition coefficient (Wildman–Crippen LogP) is 4.30. The molecule has 21 heavy (non-hydrogen) atoms. The first kappa shape index (κ1) is 15.6. The molecule has 4 heteroatoms. The molecule has 0 spiro atoms. The van der Waals surface area contributed by atoms with Crippen LogP contribution in [0.5, 0.6) is 5.75 Å². The van der Waals surface area contributed by atoms with E-state index in [-0.39, 0.29) is 17.7 Å². The minimum atomic E-state index is -0.0711. The third-order valence-corrected chi connectivity index (χ3v) is 4.55. The fourth-order valence-electron chi connectivity index (χ4n) is 2.08. The molecule has 0 heterocycles. The molecule has 0 saturated carbocycles. The Morgan fingerprint density at radius 1 is 1.19 bits per heavy atom. The molecule has 1 unspecified atom stereocenters. The van der Waals surface area contributed by atoms with Crippen molar-refractivity contribution in [2.45, 2.75) is 19.9 Å². The van der Waals surface area contributed by atoms with Gasteiger partial charge in [0.25, 0.3) is 5.91 Å². The number of phenolic OH excluding ortho intramolecular Hbond substituents is 1. The van der Waals surface area contributed by atoms with Crippen molar-refractivity contribution in [3.05, 3.63) is 63.6 Å². The van der Waals surface area contributed by atoms with Gasteiger partial charge in [-0.15, -0.1) is 0 Å². The maximum absolute atomic E-state index is 12.5. The number of amides is 1. The average molecular weight is 348 g/mol. The minimum absolute atomic E-state index is 0.0312. The van der Waals surface area contributed by atoms with Gasteiger partial charge in [-0.2, -0.15) is 0 Å². The first-order valence-corrected chi connectivity index (χ1v) is 7.51. The molecule has 2 rings (SSSR count). The van der Waals surface area contributed by atoms with E-state index in [0.29, 0.717) is 5.56 Å². The summed E-state index contributed by atoms with van der Waals surface area (Å²) in [6, 6.07) is 12.5. The Morgan fingerprint density at radius 2 is 1.81 bits per heavy atom. The second kappa shape index (κ2) is 6.31. The Kier molecular flexibility index (Phi) is 4.68. The van der Waals surface area contributed by atoms with Gasteiger partial charge in [-0.05, 0) is 49.2 Å². The summed E-state index contributed by atoms with van der Waals surface area (Å²) in [5.74, 6) is 0.193. The molecule has 0 aliphatic rings. The Balaban J connectivity index is 2.21. The molecular formula is C17H18BrNO2. The number of aryl methyl sites for hydroxylation is 1. The summed E-state index contributed by atoms with van der Waals surface area (Å²) in [5, 5.41) is 9.34. The highest BCUT2D eigenvalue weighted by Gasteiger charge is 2.19. The van der Waals surface area contributed by atoms with Crippen molar-refractivity contribution in [3.63, 3.8) is 0 Å². The molecule has 0 aromatic heterocycles. The number of carbonyl (C=O) groups excluding carboxylic acids is 1. The van der Waals surface area contributed by atoms with Gasteiger partial charge in [0, 0.05) is 17.1 Å². The van der Waals surface area contributed by atoms with Gasteiger partial charge in [-0.3, -0.25) is 4.79 Å². The number of rotatable bonds is 3. The van der Waals surface area contributed by atoms with Crippen LogP contribution in [-0.4, -0.2) is 23.0 Å². The van der Waals surface area contributed by atoms with Gasteiger partial charge in [-0.25, -0.2) is 0 Å². The highest BCUT2D eigenvalue weighted by molar-refractivity contribution is 9.10. The van der Waals surface area contributed by atoms with Gasteiger partial charge in [0.1, 0.15) is 5.75 Å². The lowest BCUT2D eigenvalue weighted by atomic mass is 10.1. The SMILES string of the molecule is Cc1ccc(C(=O)N(C)C(C)c2ccc(O)cc2)cc1Br. The van der Waals surface area contributed by atoms with Crippen LogP contribution < -0.4 is 0 Å². The zero-order valence-corrected chi connectivity index (χ0v) is 13.9. The zero-order valence-electron chi connectivity index (χ0n) is 12.3. The third kappa shape index (κ3) is 3.45. The van der Waals surface area contributed by atoms with Crippen molar-refractivity contribution in [2.24, 2.45) is 0 Å². The molecule has 0 aliphatic heterocycles. The standard InChI is InChI=1S/C17H18BrNO2/c1-11-4-5-14(10-16(11)18)17(21)19(3)12(2)13-6-8-15(20)9-7-13/h4-10,12,20H,1-3H3. The Labute approximate surface area is 133 Å². The van der Waals surface area contributed by atoms with E-state index in [2.05, 4.69) is 15.9 Å². The zero-order chi connectivity index (χ0) is 15.6. The van der Waals surface area contributed by atoms with Gasteiger partial charge in [0.05, 0.1) is 6.04 Å². The molecule has 0 radical (unpaired) electrons. The summed E-state index contributed by atoms with van der Waals surface area (Å²) in [7, 11) is 1.79. The summed E-state index contributed by atoms with van der Waals surface area (Å²) >= 11 is 3.45. The van der Waals surface area contributed by atoms with Crippen LogP contribution in [0.3, 0.4) is 0 Å². The van der Waals surface area contributed by atoms with Crippen LogP contribution in [0, 0.1) is 6.92 Å². The number of aromatic hydroxyl groups is 1. The van der Waals surface area contributed by atoms with E-state index in [1.807, 2.05) is 44.2 Å². The Morgan fingerprint density at radius 3 is 2.38 bits per heavy atom. The monoisotopic (exact) mass is 347 g/mol. The predicted molar refractivity (Wildman–Crippen MR) is 87.5 cm³/mol. The molecule has 0 bridgehead atoms. The van der Waals surface area contributed by atoms with Crippen LogP contribution in [0.15, 0.2) is 46.9 Å². The smallest absolute Gasteiger partial charge is 0.254 e.